The standard InChI is InChI=1S/C13H24N6/c1-19(2)8-4-3-7-15-11-9-12(18-14)17-13(16-11)10-5-6-10/h9-10H,3-8,14H2,1-2H3,(H2,15,16,17,18). The Balaban J connectivity index is 1.83. The van der Waals surface area contributed by atoms with E-state index in [1.165, 1.54) is 19.3 Å². The summed E-state index contributed by atoms with van der Waals surface area (Å²) >= 11 is 0. The molecule has 0 aromatic carbocycles. The average molecular weight is 264 g/mol. The Hall–Kier alpha value is -1.40. The predicted molar refractivity (Wildman–Crippen MR) is 78.1 cm³/mol. The van der Waals surface area contributed by atoms with Crippen molar-refractivity contribution in [1.29, 1.82) is 0 Å². The first-order valence-electron chi connectivity index (χ1n) is 6.93. The molecule has 1 aliphatic rings. The zero-order chi connectivity index (χ0) is 13.7. The van der Waals surface area contributed by atoms with Crippen LogP contribution in [0.25, 0.3) is 0 Å². The number of nitrogens with zero attached hydrogens (tertiary/aromatic N) is 3. The smallest absolute Gasteiger partial charge is 0.145 e. The van der Waals surface area contributed by atoms with Gasteiger partial charge in [0.1, 0.15) is 17.5 Å². The van der Waals surface area contributed by atoms with Crippen LogP contribution in [0.3, 0.4) is 0 Å². The number of hydrogen-bond donors (Lipinski definition) is 3. The molecule has 4 N–H and O–H groups in total. The highest BCUT2D eigenvalue weighted by atomic mass is 15.3. The van der Waals surface area contributed by atoms with E-state index in [2.05, 4.69) is 39.7 Å². The van der Waals surface area contributed by atoms with Gasteiger partial charge in [-0.25, -0.2) is 15.8 Å². The molecule has 1 aromatic rings. The van der Waals surface area contributed by atoms with E-state index in [-0.39, 0.29) is 0 Å². The summed E-state index contributed by atoms with van der Waals surface area (Å²) < 4.78 is 0. The van der Waals surface area contributed by atoms with Gasteiger partial charge in [-0.2, -0.15) is 0 Å². The highest BCUT2D eigenvalue weighted by molar-refractivity contribution is 5.47. The zero-order valence-electron chi connectivity index (χ0n) is 11.8. The van der Waals surface area contributed by atoms with Gasteiger partial charge >= 0.3 is 0 Å². The molecule has 1 aliphatic carbocycles. The third kappa shape index (κ3) is 4.65. The van der Waals surface area contributed by atoms with Crippen molar-refractivity contribution >= 4 is 11.6 Å². The monoisotopic (exact) mass is 264 g/mol. The Bertz CT molecular complexity index is 402. The second-order valence-electron chi connectivity index (χ2n) is 5.35. The Morgan fingerprint density at radius 3 is 2.63 bits per heavy atom. The van der Waals surface area contributed by atoms with Crippen LogP contribution < -0.4 is 16.6 Å². The highest BCUT2D eigenvalue weighted by Crippen LogP contribution is 2.38. The molecule has 0 spiro atoms. The first kappa shape index (κ1) is 14.0. The summed E-state index contributed by atoms with van der Waals surface area (Å²) in [5.41, 5.74) is 2.61. The summed E-state index contributed by atoms with van der Waals surface area (Å²) in [6, 6.07) is 1.86. The molecular formula is C13H24N6. The summed E-state index contributed by atoms with van der Waals surface area (Å²) in [5.74, 6) is 8.44. The van der Waals surface area contributed by atoms with E-state index in [0.717, 1.165) is 31.2 Å². The summed E-state index contributed by atoms with van der Waals surface area (Å²) in [7, 11) is 4.19. The van der Waals surface area contributed by atoms with E-state index in [1.54, 1.807) is 0 Å². The molecule has 106 valence electrons. The van der Waals surface area contributed by atoms with Crippen LogP contribution in [0.1, 0.15) is 37.4 Å². The second kappa shape index (κ2) is 6.68. The molecule has 1 heterocycles. The second-order valence-corrected chi connectivity index (χ2v) is 5.35. The van der Waals surface area contributed by atoms with Crippen LogP contribution in [0.2, 0.25) is 0 Å². The maximum absolute atomic E-state index is 5.44. The lowest BCUT2D eigenvalue weighted by atomic mass is 10.3. The maximum atomic E-state index is 5.44. The SMILES string of the molecule is CN(C)CCCCNc1cc(NN)nc(C2CC2)n1. The number of nitrogens with two attached hydrogens (primary N) is 1. The first-order valence-corrected chi connectivity index (χ1v) is 6.93. The molecule has 0 amide bonds. The lowest BCUT2D eigenvalue weighted by Gasteiger charge is -2.11. The van der Waals surface area contributed by atoms with Crippen LogP contribution >= 0.6 is 0 Å². The minimum absolute atomic E-state index is 0.530. The van der Waals surface area contributed by atoms with Crippen molar-refractivity contribution < 1.29 is 0 Å². The number of anilines is 2. The lowest BCUT2D eigenvalue weighted by molar-refractivity contribution is 0.396. The van der Waals surface area contributed by atoms with Gasteiger partial charge in [0.2, 0.25) is 0 Å². The van der Waals surface area contributed by atoms with E-state index in [9.17, 15) is 0 Å². The molecule has 0 aliphatic heterocycles. The lowest BCUT2D eigenvalue weighted by Crippen LogP contribution is -2.15. The topological polar surface area (TPSA) is 79.1 Å². The summed E-state index contributed by atoms with van der Waals surface area (Å²) in [4.78, 5) is 11.1. The largest absolute Gasteiger partial charge is 0.370 e. The number of rotatable bonds is 8. The Labute approximate surface area is 114 Å². The number of hydrazine groups is 1. The third-order valence-electron chi connectivity index (χ3n) is 3.17. The van der Waals surface area contributed by atoms with Gasteiger partial charge in [-0.05, 0) is 46.3 Å². The van der Waals surface area contributed by atoms with Gasteiger partial charge in [0.15, 0.2) is 0 Å². The van der Waals surface area contributed by atoms with Crippen LogP contribution in [0, 0.1) is 0 Å². The normalized spacial score (nSPS) is 14.7. The molecule has 0 saturated heterocycles. The minimum Gasteiger partial charge on any atom is -0.370 e. The molecule has 6 heteroatoms. The van der Waals surface area contributed by atoms with Gasteiger partial charge in [-0.15, -0.1) is 0 Å². The molecule has 1 aromatic heterocycles. The number of nitrogens with one attached hydrogen (secondary N) is 2. The maximum Gasteiger partial charge on any atom is 0.145 e. The molecule has 6 nitrogen and oxygen atoms in total. The van der Waals surface area contributed by atoms with Crippen LogP contribution in [-0.4, -0.2) is 42.1 Å². The fourth-order valence-electron chi connectivity index (χ4n) is 1.92. The van der Waals surface area contributed by atoms with E-state index in [4.69, 9.17) is 5.84 Å². The fraction of sp³-hybridized carbons (Fsp3) is 0.692. The van der Waals surface area contributed by atoms with Crippen molar-refractivity contribution in [2.24, 2.45) is 5.84 Å². The number of hydrogen-bond acceptors (Lipinski definition) is 6. The summed E-state index contributed by atoms with van der Waals surface area (Å²) in [5, 5.41) is 3.35. The summed E-state index contributed by atoms with van der Waals surface area (Å²) in [6.45, 7) is 2.05. The Kier molecular flexibility index (Phi) is 4.93. The average Bonchev–Trinajstić information content (AvgIpc) is 3.22. The van der Waals surface area contributed by atoms with Gasteiger partial charge in [0.05, 0.1) is 0 Å². The molecule has 1 fully saturated rings. The third-order valence-corrected chi connectivity index (χ3v) is 3.17. The van der Waals surface area contributed by atoms with E-state index in [0.29, 0.717) is 11.7 Å². The number of nitrogen functional groups attached to an aromatic ring is 1. The van der Waals surface area contributed by atoms with Crippen LogP contribution in [-0.2, 0) is 0 Å². The van der Waals surface area contributed by atoms with Crippen molar-refractivity contribution in [1.82, 2.24) is 14.9 Å². The predicted octanol–water partition coefficient (Wildman–Crippen LogP) is 1.39. The molecule has 0 atom stereocenters. The van der Waals surface area contributed by atoms with E-state index >= 15 is 0 Å². The quantitative estimate of drug-likeness (QED) is 0.374. The van der Waals surface area contributed by atoms with Crippen molar-refractivity contribution in [3.8, 4) is 0 Å². The number of aromatic nitrogens is 2. The molecule has 0 radical (unpaired) electrons. The van der Waals surface area contributed by atoms with Gasteiger partial charge in [-0.3, -0.25) is 0 Å². The Morgan fingerprint density at radius 1 is 1.26 bits per heavy atom. The minimum atomic E-state index is 0.530. The van der Waals surface area contributed by atoms with Crippen molar-refractivity contribution in [2.75, 3.05) is 37.9 Å². The zero-order valence-corrected chi connectivity index (χ0v) is 11.8. The van der Waals surface area contributed by atoms with Crippen LogP contribution in [0.5, 0.6) is 0 Å². The Morgan fingerprint density at radius 2 is 2.00 bits per heavy atom. The molecule has 2 rings (SSSR count). The summed E-state index contributed by atoms with van der Waals surface area (Å²) in [6.07, 6.45) is 4.70. The molecule has 0 bridgehead atoms. The van der Waals surface area contributed by atoms with Crippen molar-refractivity contribution in [3.63, 3.8) is 0 Å². The van der Waals surface area contributed by atoms with Gasteiger partial charge in [0, 0.05) is 18.5 Å². The fourth-order valence-corrected chi connectivity index (χ4v) is 1.92. The molecule has 0 unspecified atom stereocenters. The van der Waals surface area contributed by atoms with Gasteiger partial charge in [0.25, 0.3) is 0 Å². The van der Waals surface area contributed by atoms with Crippen LogP contribution in [0.15, 0.2) is 6.07 Å². The van der Waals surface area contributed by atoms with E-state index < -0.39 is 0 Å². The van der Waals surface area contributed by atoms with Crippen molar-refractivity contribution in [2.45, 2.75) is 31.6 Å². The van der Waals surface area contributed by atoms with Crippen LogP contribution in [0.4, 0.5) is 11.6 Å². The molecule has 19 heavy (non-hydrogen) atoms. The molecule has 1 saturated carbocycles. The van der Waals surface area contributed by atoms with Gasteiger partial charge in [-0.1, -0.05) is 0 Å². The first-order chi connectivity index (χ1) is 9.19. The van der Waals surface area contributed by atoms with E-state index in [1.807, 2.05) is 6.07 Å². The van der Waals surface area contributed by atoms with Gasteiger partial charge < -0.3 is 15.6 Å². The van der Waals surface area contributed by atoms with Crippen molar-refractivity contribution in [3.05, 3.63) is 11.9 Å². The highest BCUT2D eigenvalue weighted by Gasteiger charge is 2.27. The molecular weight excluding hydrogens is 240 g/mol. The number of unbranched alkanes of at least 4 members (excludes halogenated alkanes) is 1.